The van der Waals surface area contributed by atoms with Crippen LogP contribution in [0.2, 0.25) is 0 Å². The van der Waals surface area contributed by atoms with E-state index in [1.807, 2.05) is 48.9 Å². The van der Waals surface area contributed by atoms with Gasteiger partial charge in [0.1, 0.15) is 5.75 Å². The highest BCUT2D eigenvalue weighted by atomic mass is 19.4. The molecule has 0 fully saturated rings. The summed E-state index contributed by atoms with van der Waals surface area (Å²) in [5.74, 6) is -0.423. The highest BCUT2D eigenvalue weighted by Gasteiger charge is 2.28. The fraction of sp³-hybridized carbons (Fsp3) is 0.238. The molecular formula is C21H20F3N3O2. The van der Waals surface area contributed by atoms with Crippen molar-refractivity contribution >= 4 is 5.91 Å². The van der Waals surface area contributed by atoms with Gasteiger partial charge in [-0.2, -0.15) is 18.3 Å². The van der Waals surface area contributed by atoms with Crippen molar-refractivity contribution in [1.29, 1.82) is 0 Å². The van der Waals surface area contributed by atoms with Gasteiger partial charge in [0.05, 0.1) is 11.4 Å². The van der Waals surface area contributed by atoms with E-state index in [4.69, 9.17) is 4.74 Å². The second kappa shape index (κ2) is 8.38. The molecule has 0 saturated heterocycles. The number of aryl methyl sites for hydroxylation is 1. The Morgan fingerprint density at radius 2 is 1.83 bits per heavy atom. The van der Waals surface area contributed by atoms with E-state index < -0.39 is 18.7 Å². The van der Waals surface area contributed by atoms with Crippen LogP contribution >= 0.6 is 0 Å². The number of nitrogens with one attached hydrogen (secondary N) is 1. The molecule has 5 nitrogen and oxygen atoms in total. The van der Waals surface area contributed by atoms with E-state index in [-0.39, 0.29) is 17.9 Å². The average molecular weight is 403 g/mol. The second-order valence-corrected chi connectivity index (χ2v) is 6.51. The van der Waals surface area contributed by atoms with Crippen LogP contribution in [0.3, 0.4) is 0 Å². The molecule has 0 aliphatic rings. The van der Waals surface area contributed by atoms with Gasteiger partial charge in [-0.05, 0) is 44.2 Å². The number of hydrogen-bond donors (Lipinski definition) is 1. The van der Waals surface area contributed by atoms with Crippen LogP contribution in [0, 0.1) is 13.8 Å². The lowest BCUT2D eigenvalue weighted by Crippen LogP contribution is -2.23. The predicted octanol–water partition coefficient (Wildman–Crippen LogP) is 4.36. The summed E-state index contributed by atoms with van der Waals surface area (Å²) in [6.45, 7) is 2.62. The zero-order valence-corrected chi connectivity index (χ0v) is 16.0. The third-order valence-corrected chi connectivity index (χ3v) is 4.37. The second-order valence-electron chi connectivity index (χ2n) is 6.51. The Kier molecular flexibility index (Phi) is 5.91. The number of alkyl halides is 3. The summed E-state index contributed by atoms with van der Waals surface area (Å²) in [4.78, 5) is 12.5. The van der Waals surface area contributed by atoms with Gasteiger partial charge >= 0.3 is 6.18 Å². The summed E-state index contributed by atoms with van der Waals surface area (Å²) >= 11 is 0. The molecule has 8 heteroatoms. The van der Waals surface area contributed by atoms with E-state index in [0.29, 0.717) is 0 Å². The summed E-state index contributed by atoms with van der Waals surface area (Å²) in [5.41, 5.74) is 3.70. The van der Waals surface area contributed by atoms with Gasteiger partial charge in [0.2, 0.25) is 0 Å². The van der Waals surface area contributed by atoms with Crippen molar-refractivity contribution in [2.24, 2.45) is 0 Å². The van der Waals surface area contributed by atoms with E-state index >= 15 is 0 Å². The number of nitrogens with zero attached hydrogens (tertiary/aromatic N) is 2. The summed E-state index contributed by atoms with van der Waals surface area (Å²) in [6, 6.07) is 15.3. The molecule has 1 aromatic heterocycles. The predicted molar refractivity (Wildman–Crippen MR) is 102 cm³/mol. The molecule has 1 heterocycles. The minimum atomic E-state index is -4.44. The number of carbonyl (C=O) groups is 1. The lowest BCUT2D eigenvalue weighted by atomic mass is 10.1. The SMILES string of the molecule is Cc1nn(-c2ccccc2)c(C)c1CNC(=O)c1cccc(OCC(F)(F)F)c1. The molecule has 1 N–H and O–H groups in total. The van der Waals surface area contributed by atoms with E-state index in [1.165, 1.54) is 24.3 Å². The Balaban J connectivity index is 1.69. The Labute approximate surface area is 166 Å². The van der Waals surface area contributed by atoms with Crippen LogP contribution in [-0.4, -0.2) is 28.5 Å². The van der Waals surface area contributed by atoms with Crippen LogP contribution in [0.15, 0.2) is 54.6 Å². The van der Waals surface area contributed by atoms with Crippen LogP contribution in [0.5, 0.6) is 5.75 Å². The number of hydrogen-bond acceptors (Lipinski definition) is 3. The van der Waals surface area contributed by atoms with Gasteiger partial charge in [-0.3, -0.25) is 4.79 Å². The molecular weight excluding hydrogens is 383 g/mol. The molecule has 0 atom stereocenters. The minimum absolute atomic E-state index is 0.0146. The fourth-order valence-electron chi connectivity index (χ4n) is 2.91. The third-order valence-electron chi connectivity index (χ3n) is 4.37. The van der Waals surface area contributed by atoms with Gasteiger partial charge in [-0.15, -0.1) is 0 Å². The Hall–Kier alpha value is -3.29. The first-order valence-corrected chi connectivity index (χ1v) is 8.93. The van der Waals surface area contributed by atoms with Gasteiger partial charge in [-0.1, -0.05) is 24.3 Å². The number of para-hydroxylation sites is 1. The van der Waals surface area contributed by atoms with E-state index in [2.05, 4.69) is 10.4 Å². The number of ether oxygens (including phenoxy) is 1. The summed E-state index contributed by atoms with van der Waals surface area (Å²) in [5, 5.41) is 7.32. The molecule has 0 aliphatic carbocycles. The van der Waals surface area contributed by atoms with Crippen molar-refractivity contribution in [3.63, 3.8) is 0 Å². The molecule has 1 amide bonds. The average Bonchev–Trinajstić information content (AvgIpc) is 2.98. The van der Waals surface area contributed by atoms with E-state index in [1.54, 1.807) is 0 Å². The van der Waals surface area contributed by atoms with Crippen molar-refractivity contribution < 1.29 is 22.7 Å². The molecule has 3 rings (SSSR count). The Morgan fingerprint density at radius 1 is 1.10 bits per heavy atom. The summed E-state index contributed by atoms with van der Waals surface area (Å²) in [6.07, 6.45) is -4.44. The molecule has 0 unspecified atom stereocenters. The van der Waals surface area contributed by atoms with Gasteiger partial charge in [-0.25, -0.2) is 4.68 Å². The molecule has 0 saturated carbocycles. The summed E-state index contributed by atoms with van der Waals surface area (Å²) in [7, 11) is 0. The number of halogens is 3. The van der Waals surface area contributed by atoms with Gasteiger partial charge < -0.3 is 10.1 Å². The number of carbonyl (C=O) groups excluding carboxylic acids is 1. The van der Waals surface area contributed by atoms with Gasteiger partial charge in [0.15, 0.2) is 6.61 Å². The highest BCUT2D eigenvalue weighted by molar-refractivity contribution is 5.94. The quantitative estimate of drug-likeness (QED) is 0.665. The number of rotatable bonds is 6. The largest absolute Gasteiger partial charge is 0.484 e. The van der Waals surface area contributed by atoms with E-state index in [9.17, 15) is 18.0 Å². The maximum atomic E-state index is 12.5. The van der Waals surface area contributed by atoms with Crippen LogP contribution in [0.1, 0.15) is 27.3 Å². The first-order chi connectivity index (χ1) is 13.7. The lowest BCUT2D eigenvalue weighted by Gasteiger charge is -2.11. The van der Waals surface area contributed by atoms with E-state index in [0.717, 1.165) is 22.6 Å². The normalized spacial score (nSPS) is 11.3. The molecule has 29 heavy (non-hydrogen) atoms. The number of benzene rings is 2. The topological polar surface area (TPSA) is 56.2 Å². The molecule has 0 aliphatic heterocycles. The van der Waals surface area contributed by atoms with Crippen LogP contribution in [-0.2, 0) is 6.54 Å². The smallest absolute Gasteiger partial charge is 0.422 e. The first-order valence-electron chi connectivity index (χ1n) is 8.93. The van der Waals surface area contributed by atoms with Crippen LogP contribution in [0.25, 0.3) is 5.69 Å². The zero-order valence-electron chi connectivity index (χ0n) is 16.0. The molecule has 0 radical (unpaired) electrons. The molecule has 0 spiro atoms. The molecule has 0 bridgehead atoms. The highest BCUT2D eigenvalue weighted by Crippen LogP contribution is 2.20. The van der Waals surface area contributed by atoms with Gasteiger partial charge in [0.25, 0.3) is 5.91 Å². The maximum Gasteiger partial charge on any atom is 0.422 e. The van der Waals surface area contributed by atoms with Crippen molar-refractivity contribution in [3.05, 3.63) is 77.1 Å². The molecule has 152 valence electrons. The van der Waals surface area contributed by atoms with Crippen molar-refractivity contribution in [2.45, 2.75) is 26.6 Å². The Morgan fingerprint density at radius 3 is 2.52 bits per heavy atom. The van der Waals surface area contributed by atoms with Crippen molar-refractivity contribution in [3.8, 4) is 11.4 Å². The Bertz CT molecular complexity index is 998. The summed E-state index contributed by atoms with van der Waals surface area (Å²) < 4.78 is 43.4. The monoisotopic (exact) mass is 403 g/mol. The molecule has 2 aromatic carbocycles. The van der Waals surface area contributed by atoms with Crippen LogP contribution < -0.4 is 10.1 Å². The number of amides is 1. The first kappa shape index (κ1) is 20.4. The minimum Gasteiger partial charge on any atom is -0.484 e. The fourth-order valence-corrected chi connectivity index (χ4v) is 2.91. The molecule has 3 aromatic rings. The maximum absolute atomic E-state index is 12.5. The van der Waals surface area contributed by atoms with Crippen molar-refractivity contribution in [1.82, 2.24) is 15.1 Å². The third kappa shape index (κ3) is 5.16. The number of aromatic nitrogens is 2. The zero-order chi connectivity index (χ0) is 21.0. The van der Waals surface area contributed by atoms with Crippen molar-refractivity contribution in [2.75, 3.05) is 6.61 Å². The lowest BCUT2D eigenvalue weighted by molar-refractivity contribution is -0.153. The van der Waals surface area contributed by atoms with Gasteiger partial charge in [0, 0.05) is 23.4 Å². The van der Waals surface area contributed by atoms with Crippen LogP contribution in [0.4, 0.5) is 13.2 Å². The standard InChI is InChI=1S/C21H20F3N3O2/c1-14-19(15(2)27(26-14)17-8-4-3-5-9-17)12-25-20(28)16-7-6-10-18(11-16)29-13-21(22,23)24/h3-11H,12-13H2,1-2H3,(H,25,28).